The number of nitrogens with one attached hydrogen (secondary N) is 2. The summed E-state index contributed by atoms with van der Waals surface area (Å²) in [7, 11) is 0. The van der Waals surface area contributed by atoms with E-state index in [9.17, 15) is 14.7 Å². The standard InChI is InChI=1S/C41H55N5O5/c42-36-14-5-6-15-37(36)44-40(49)17-4-2-1-3-16-39(48)43-33-12-9-11-32(25-33)41-50-35(26-38(51-41)31-20-18-30(29-47)19-21-31)28-46-24-10-13-34(46)27-45-22-7-8-23-45/h5-6,9,11-12,14-15,18-21,25,34-35,38,41,47H,1-4,7-8,10,13,16-17,22-24,26-29,42H2,(H,43,48)(H,44,49). The molecule has 5 N–H and O–H groups in total. The SMILES string of the molecule is Nc1ccccc1NC(=O)CCCCCCC(=O)Nc1cccc(C2OC(CN3CCCC3CN3CCCC3)CC(c3ccc(CO)cc3)O2)c1. The van der Waals surface area contributed by atoms with Crippen molar-refractivity contribution in [2.75, 3.05) is 49.1 Å². The van der Waals surface area contributed by atoms with Gasteiger partial charge in [0.05, 0.1) is 30.2 Å². The Morgan fingerprint density at radius 1 is 0.784 bits per heavy atom. The summed E-state index contributed by atoms with van der Waals surface area (Å²) in [6, 6.07) is 23.6. The monoisotopic (exact) mass is 697 g/mol. The minimum absolute atomic E-state index is 0.00811. The Hall–Kier alpha value is -3.80. The maximum atomic E-state index is 12.9. The van der Waals surface area contributed by atoms with Gasteiger partial charge >= 0.3 is 0 Å². The summed E-state index contributed by atoms with van der Waals surface area (Å²) >= 11 is 0. The fourth-order valence-corrected chi connectivity index (χ4v) is 7.63. The highest BCUT2D eigenvalue weighted by Crippen LogP contribution is 2.39. The third kappa shape index (κ3) is 10.9. The fourth-order valence-electron chi connectivity index (χ4n) is 7.63. The highest BCUT2D eigenvalue weighted by Gasteiger charge is 2.36. The van der Waals surface area contributed by atoms with Crippen molar-refractivity contribution in [3.8, 4) is 0 Å². The van der Waals surface area contributed by atoms with Crippen molar-refractivity contribution in [1.82, 2.24) is 9.80 Å². The lowest BCUT2D eigenvalue weighted by Gasteiger charge is -2.39. The molecule has 51 heavy (non-hydrogen) atoms. The number of nitrogens with zero attached hydrogens (tertiary/aromatic N) is 2. The van der Waals surface area contributed by atoms with Gasteiger partial charge in [0.1, 0.15) is 0 Å². The van der Waals surface area contributed by atoms with Crippen molar-refractivity contribution >= 4 is 28.9 Å². The van der Waals surface area contributed by atoms with Crippen LogP contribution in [0.3, 0.4) is 0 Å². The number of nitrogens with two attached hydrogens (primary N) is 1. The minimum Gasteiger partial charge on any atom is -0.397 e. The van der Waals surface area contributed by atoms with Crippen molar-refractivity contribution in [2.45, 2.75) is 102 Å². The molecule has 6 rings (SSSR count). The summed E-state index contributed by atoms with van der Waals surface area (Å²) in [5.41, 5.74) is 10.7. The smallest absolute Gasteiger partial charge is 0.224 e. The first-order chi connectivity index (χ1) is 24.9. The Morgan fingerprint density at radius 3 is 2.27 bits per heavy atom. The van der Waals surface area contributed by atoms with Crippen LogP contribution in [0.5, 0.6) is 0 Å². The van der Waals surface area contributed by atoms with E-state index in [1.807, 2.05) is 60.7 Å². The molecule has 3 aliphatic rings. The number of carbonyl (C=O) groups excluding carboxylic acids is 2. The fraction of sp³-hybridized carbons (Fsp3) is 0.512. The lowest BCUT2D eigenvalue weighted by Crippen LogP contribution is -2.45. The van der Waals surface area contributed by atoms with E-state index in [0.29, 0.717) is 30.3 Å². The highest BCUT2D eigenvalue weighted by molar-refractivity contribution is 5.93. The van der Waals surface area contributed by atoms with Crippen LogP contribution in [0, 0.1) is 0 Å². The van der Waals surface area contributed by atoms with Crippen molar-refractivity contribution in [3.63, 3.8) is 0 Å². The van der Waals surface area contributed by atoms with Crippen molar-refractivity contribution < 1.29 is 24.2 Å². The normalized spacial score (nSPS) is 22.6. The Morgan fingerprint density at radius 2 is 1.53 bits per heavy atom. The summed E-state index contributed by atoms with van der Waals surface area (Å²) in [6.07, 6.45) is 9.19. The maximum Gasteiger partial charge on any atom is 0.224 e. The maximum absolute atomic E-state index is 12.9. The number of unbranched alkanes of at least 4 members (excludes halogenated alkanes) is 3. The van der Waals surface area contributed by atoms with Crippen LogP contribution in [0.4, 0.5) is 17.1 Å². The lowest BCUT2D eigenvalue weighted by molar-refractivity contribution is -0.253. The first-order valence-corrected chi connectivity index (χ1v) is 18.9. The number of amides is 2. The molecule has 3 saturated heterocycles. The van der Waals surface area contributed by atoms with Crippen LogP contribution in [0.1, 0.15) is 99.7 Å². The van der Waals surface area contributed by atoms with Gasteiger partial charge in [-0.15, -0.1) is 0 Å². The molecular formula is C41H55N5O5. The molecule has 0 spiro atoms. The van der Waals surface area contributed by atoms with Gasteiger partial charge in [-0.25, -0.2) is 0 Å². The van der Waals surface area contributed by atoms with Gasteiger partial charge in [-0.1, -0.05) is 61.4 Å². The zero-order valence-electron chi connectivity index (χ0n) is 29.8. The third-order valence-corrected chi connectivity index (χ3v) is 10.5. The molecule has 3 fully saturated rings. The highest BCUT2D eigenvalue weighted by atomic mass is 16.7. The number of benzene rings is 3. The number of aliphatic hydroxyl groups excluding tert-OH is 1. The molecule has 274 valence electrons. The van der Waals surface area contributed by atoms with Crippen LogP contribution in [0.2, 0.25) is 0 Å². The quantitative estimate of drug-likeness (QED) is 0.0953. The Kier molecular flexibility index (Phi) is 13.5. The van der Waals surface area contributed by atoms with Gasteiger partial charge in [0.25, 0.3) is 0 Å². The summed E-state index contributed by atoms with van der Waals surface area (Å²) in [5, 5.41) is 15.5. The second-order valence-corrected chi connectivity index (χ2v) is 14.4. The van der Waals surface area contributed by atoms with Gasteiger partial charge in [-0.2, -0.15) is 0 Å². The second kappa shape index (κ2) is 18.6. The number of anilines is 3. The van der Waals surface area contributed by atoms with Gasteiger partial charge in [0.15, 0.2) is 6.29 Å². The predicted molar refractivity (Wildman–Crippen MR) is 201 cm³/mol. The van der Waals surface area contributed by atoms with E-state index < -0.39 is 6.29 Å². The molecule has 4 atom stereocenters. The molecule has 2 amide bonds. The molecule has 0 aliphatic carbocycles. The zero-order chi connectivity index (χ0) is 35.4. The van der Waals surface area contributed by atoms with E-state index in [1.54, 1.807) is 12.1 Å². The van der Waals surface area contributed by atoms with E-state index in [0.717, 1.165) is 74.1 Å². The van der Waals surface area contributed by atoms with Crippen LogP contribution >= 0.6 is 0 Å². The van der Waals surface area contributed by atoms with Gasteiger partial charge < -0.3 is 35.8 Å². The number of likely N-dealkylation sites (tertiary alicyclic amines) is 2. The number of rotatable bonds is 16. The van der Waals surface area contributed by atoms with Gasteiger partial charge in [-0.3, -0.25) is 14.5 Å². The molecule has 3 aliphatic heterocycles. The molecular weight excluding hydrogens is 642 g/mol. The molecule has 10 heteroatoms. The lowest BCUT2D eigenvalue weighted by atomic mass is 9.99. The number of para-hydroxylation sites is 2. The predicted octanol–water partition coefficient (Wildman–Crippen LogP) is 6.78. The van der Waals surface area contributed by atoms with Gasteiger partial charge in [0, 0.05) is 49.6 Å². The number of hydrogen-bond donors (Lipinski definition) is 4. The Bertz CT molecular complexity index is 1560. The van der Waals surface area contributed by atoms with Crippen molar-refractivity contribution in [2.24, 2.45) is 0 Å². The average Bonchev–Trinajstić information content (AvgIpc) is 3.83. The molecule has 0 saturated carbocycles. The van der Waals surface area contributed by atoms with E-state index in [-0.39, 0.29) is 30.6 Å². The number of ether oxygens (including phenoxy) is 2. The first kappa shape index (κ1) is 37.0. The molecule has 3 aromatic rings. The third-order valence-electron chi connectivity index (χ3n) is 10.5. The van der Waals surface area contributed by atoms with Crippen LogP contribution in [-0.4, -0.2) is 71.6 Å². The topological polar surface area (TPSA) is 129 Å². The summed E-state index contributed by atoms with van der Waals surface area (Å²) in [6.45, 7) is 5.54. The summed E-state index contributed by atoms with van der Waals surface area (Å²) in [4.78, 5) is 30.4. The average molecular weight is 698 g/mol. The van der Waals surface area contributed by atoms with Crippen LogP contribution in [0.25, 0.3) is 0 Å². The molecule has 3 heterocycles. The zero-order valence-corrected chi connectivity index (χ0v) is 29.8. The van der Waals surface area contributed by atoms with Crippen LogP contribution in [0.15, 0.2) is 72.8 Å². The first-order valence-electron chi connectivity index (χ1n) is 18.9. The number of aliphatic hydroxyl groups is 1. The van der Waals surface area contributed by atoms with Crippen LogP contribution in [-0.2, 0) is 25.7 Å². The largest absolute Gasteiger partial charge is 0.397 e. The molecule has 0 bridgehead atoms. The summed E-state index contributed by atoms with van der Waals surface area (Å²) in [5.74, 6) is -0.0841. The van der Waals surface area contributed by atoms with Gasteiger partial charge in [-0.05, 0) is 93.6 Å². The molecule has 0 aromatic heterocycles. The van der Waals surface area contributed by atoms with E-state index in [1.165, 1.54) is 38.8 Å². The van der Waals surface area contributed by atoms with Crippen molar-refractivity contribution in [1.29, 1.82) is 0 Å². The number of hydrogen-bond acceptors (Lipinski definition) is 8. The van der Waals surface area contributed by atoms with E-state index >= 15 is 0 Å². The molecule has 0 radical (unpaired) electrons. The van der Waals surface area contributed by atoms with E-state index in [4.69, 9.17) is 15.2 Å². The molecule has 4 unspecified atom stereocenters. The Labute approximate surface area is 302 Å². The Balaban J connectivity index is 1.01. The van der Waals surface area contributed by atoms with Crippen LogP contribution < -0.4 is 16.4 Å². The number of carbonyl (C=O) groups is 2. The second-order valence-electron chi connectivity index (χ2n) is 14.4. The molecule has 10 nitrogen and oxygen atoms in total. The number of nitrogen functional groups attached to an aromatic ring is 1. The molecule has 3 aromatic carbocycles. The summed E-state index contributed by atoms with van der Waals surface area (Å²) < 4.78 is 13.3. The van der Waals surface area contributed by atoms with E-state index in [2.05, 4.69) is 20.4 Å². The van der Waals surface area contributed by atoms with Crippen molar-refractivity contribution in [3.05, 3.63) is 89.5 Å². The van der Waals surface area contributed by atoms with Gasteiger partial charge in [0.2, 0.25) is 11.8 Å². The minimum atomic E-state index is -0.571.